The molecule has 128 valence electrons. The number of hydrogen-bond donors (Lipinski definition) is 1. The summed E-state index contributed by atoms with van der Waals surface area (Å²) in [6.45, 7) is 8.02. The van der Waals surface area contributed by atoms with Crippen LogP contribution in [0.2, 0.25) is 0 Å². The highest BCUT2D eigenvalue weighted by atomic mass is 16.5. The molecule has 1 fully saturated rings. The quantitative estimate of drug-likeness (QED) is 0.809. The van der Waals surface area contributed by atoms with Crippen molar-refractivity contribution in [3.05, 3.63) is 60.2 Å². The van der Waals surface area contributed by atoms with Gasteiger partial charge in [-0.1, -0.05) is 30.3 Å². The molecular formula is C21H27NO2. The zero-order valence-corrected chi connectivity index (χ0v) is 14.8. The molecule has 24 heavy (non-hydrogen) atoms. The molecule has 0 aromatic heterocycles. The van der Waals surface area contributed by atoms with Gasteiger partial charge in [0.2, 0.25) is 0 Å². The van der Waals surface area contributed by atoms with Gasteiger partial charge in [-0.3, -0.25) is 0 Å². The largest absolute Gasteiger partial charge is 0.489 e. The Hall–Kier alpha value is -2.00. The van der Waals surface area contributed by atoms with Crippen LogP contribution in [0.4, 0.5) is 0 Å². The maximum Gasteiger partial charge on any atom is 0.122 e. The molecule has 0 amide bonds. The lowest BCUT2D eigenvalue weighted by molar-refractivity contribution is 0.163. The van der Waals surface area contributed by atoms with Crippen LogP contribution in [-0.2, 0) is 6.61 Å². The van der Waals surface area contributed by atoms with Crippen LogP contribution in [0.15, 0.2) is 54.6 Å². The van der Waals surface area contributed by atoms with Gasteiger partial charge in [-0.25, -0.2) is 0 Å². The van der Waals surface area contributed by atoms with Crippen LogP contribution < -0.4 is 14.8 Å². The first kappa shape index (κ1) is 16.8. The Bertz CT molecular complexity index is 640. The molecule has 3 nitrogen and oxygen atoms in total. The molecule has 0 heterocycles. The van der Waals surface area contributed by atoms with Gasteiger partial charge in [0.1, 0.15) is 23.7 Å². The van der Waals surface area contributed by atoms with Crippen LogP contribution in [0.5, 0.6) is 11.5 Å². The Labute approximate surface area is 145 Å². The molecule has 1 N–H and O–H groups in total. The fourth-order valence-corrected chi connectivity index (χ4v) is 2.48. The summed E-state index contributed by atoms with van der Waals surface area (Å²) < 4.78 is 12.0. The van der Waals surface area contributed by atoms with Gasteiger partial charge in [-0.05, 0) is 63.4 Å². The third-order valence-corrected chi connectivity index (χ3v) is 4.15. The second-order valence-electron chi connectivity index (χ2n) is 7.63. The summed E-state index contributed by atoms with van der Waals surface area (Å²) in [5.41, 5.74) is 1.26. The van der Waals surface area contributed by atoms with E-state index in [-0.39, 0.29) is 11.1 Å². The average molecular weight is 325 g/mol. The summed E-state index contributed by atoms with van der Waals surface area (Å²) in [6, 6.07) is 18.1. The van der Waals surface area contributed by atoms with Gasteiger partial charge in [0.05, 0.1) is 0 Å². The molecular weight excluding hydrogens is 298 g/mol. The molecule has 0 bridgehead atoms. The lowest BCUT2D eigenvalue weighted by atomic mass is 10.1. The zero-order chi connectivity index (χ0) is 17.0. The van der Waals surface area contributed by atoms with Crippen molar-refractivity contribution in [2.24, 2.45) is 0 Å². The van der Waals surface area contributed by atoms with Crippen LogP contribution in [0.25, 0.3) is 0 Å². The monoisotopic (exact) mass is 325 g/mol. The van der Waals surface area contributed by atoms with E-state index in [0.717, 1.165) is 30.9 Å². The van der Waals surface area contributed by atoms with Crippen LogP contribution in [-0.4, -0.2) is 17.7 Å². The first-order valence-electron chi connectivity index (χ1n) is 8.65. The fourth-order valence-electron chi connectivity index (χ4n) is 2.48. The van der Waals surface area contributed by atoms with Crippen LogP contribution in [0.3, 0.4) is 0 Å². The molecule has 1 saturated carbocycles. The topological polar surface area (TPSA) is 30.5 Å². The molecule has 3 heteroatoms. The third-order valence-electron chi connectivity index (χ3n) is 4.15. The summed E-state index contributed by atoms with van der Waals surface area (Å²) in [5.74, 6) is 1.78. The minimum absolute atomic E-state index is 0.0281. The van der Waals surface area contributed by atoms with E-state index >= 15 is 0 Å². The summed E-state index contributed by atoms with van der Waals surface area (Å²) in [5, 5.41) is 3.55. The van der Waals surface area contributed by atoms with Crippen molar-refractivity contribution in [3.63, 3.8) is 0 Å². The Kier molecular flexibility index (Phi) is 4.81. The van der Waals surface area contributed by atoms with Gasteiger partial charge < -0.3 is 14.8 Å². The fraction of sp³-hybridized carbons (Fsp3) is 0.429. The minimum Gasteiger partial charge on any atom is -0.489 e. The molecule has 0 unspecified atom stereocenters. The van der Waals surface area contributed by atoms with Gasteiger partial charge in [0.15, 0.2) is 0 Å². The normalized spacial score (nSPS) is 15.8. The maximum absolute atomic E-state index is 6.21. The van der Waals surface area contributed by atoms with E-state index in [4.69, 9.17) is 9.47 Å². The SMILES string of the molecule is CC(C)(C)NCC1(Oc2ccc(OCc3ccccc3)cc2)CC1. The van der Waals surface area contributed by atoms with Crippen molar-refractivity contribution in [2.75, 3.05) is 6.54 Å². The molecule has 3 rings (SSSR count). The molecule has 0 spiro atoms. The molecule has 0 radical (unpaired) electrons. The standard InChI is InChI=1S/C21H27NO2/c1-20(2,3)22-16-21(13-14-21)24-19-11-9-18(10-12-19)23-15-17-7-5-4-6-8-17/h4-12,22H,13-16H2,1-3H3. The smallest absolute Gasteiger partial charge is 0.122 e. The Morgan fingerprint density at radius 3 is 2.12 bits per heavy atom. The molecule has 0 saturated heterocycles. The first-order chi connectivity index (χ1) is 11.4. The molecule has 1 aliphatic rings. The number of rotatable bonds is 7. The predicted octanol–water partition coefficient (Wildman–Crippen LogP) is 4.57. The van der Waals surface area contributed by atoms with Crippen molar-refractivity contribution in [1.29, 1.82) is 0 Å². The van der Waals surface area contributed by atoms with Crippen molar-refractivity contribution >= 4 is 0 Å². The Morgan fingerprint density at radius 1 is 0.917 bits per heavy atom. The number of hydrogen-bond acceptors (Lipinski definition) is 3. The highest BCUT2D eigenvalue weighted by Crippen LogP contribution is 2.40. The molecule has 1 aliphatic carbocycles. The summed E-state index contributed by atoms with van der Waals surface area (Å²) in [6.07, 6.45) is 2.23. The van der Waals surface area contributed by atoms with Gasteiger partial charge in [-0.15, -0.1) is 0 Å². The average Bonchev–Trinajstić information content (AvgIpc) is 3.33. The lowest BCUT2D eigenvalue weighted by Crippen LogP contribution is -2.43. The van der Waals surface area contributed by atoms with Crippen LogP contribution >= 0.6 is 0 Å². The molecule has 2 aromatic rings. The number of benzene rings is 2. The highest BCUT2D eigenvalue weighted by Gasteiger charge is 2.45. The van der Waals surface area contributed by atoms with Crippen LogP contribution in [0, 0.1) is 0 Å². The predicted molar refractivity (Wildman–Crippen MR) is 97.6 cm³/mol. The third kappa shape index (κ3) is 5.00. The van der Waals surface area contributed by atoms with E-state index < -0.39 is 0 Å². The summed E-state index contributed by atoms with van der Waals surface area (Å²) in [4.78, 5) is 0. The van der Waals surface area contributed by atoms with E-state index in [1.54, 1.807) is 0 Å². The Morgan fingerprint density at radius 2 is 1.54 bits per heavy atom. The number of ether oxygens (including phenoxy) is 2. The second kappa shape index (κ2) is 6.86. The summed E-state index contributed by atoms with van der Waals surface area (Å²) >= 11 is 0. The van der Waals surface area contributed by atoms with E-state index in [2.05, 4.69) is 38.2 Å². The Balaban J connectivity index is 1.51. The van der Waals surface area contributed by atoms with Crippen molar-refractivity contribution in [2.45, 2.75) is 51.4 Å². The molecule has 2 aromatic carbocycles. The van der Waals surface area contributed by atoms with Crippen molar-refractivity contribution in [1.82, 2.24) is 5.32 Å². The highest BCUT2D eigenvalue weighted by molar-refractivity contribution is 5.32. The van der Waals surface area contributed by atoms with Crippen molar-refractivity contribution in [3.8, 4) is 11.5 Å². The van der Waals surface area contributed by atoms with Gasteiger partial charge in [0, 0.05) is 12.1 Å². The first-order valence-corrected chi connectivity index (χ1v) is 8.65. The second-order valence-corrected chi connectivity index (χ2v) is 7.63. The van der Waals surface area contributed by atoms with Gasteiger partial charge in [-0.2, -0.15) is 0 Å². The van der Waals surface area contributed by atoms with E-state index in [9.17, 15) is 0 Å². The minimum atomic E-state index is -0.0281. The number of nitrogens with one attached hydrogen (secondary N) is 1. The van der Waals surface area contributed by atoms with Crippen molar-refractivity contribution < 1.29 is 9.47 Å². The molecule has 0 aliphatic heterocycles. The van der Waals surface area contributed by atoms with E-state index in [0.29, 0.717) is 6.61 Å². The lowest BCUT2D eigenvalue weighted by Gasteiger charge is -2.26. The zero-order valence-electron chi connectivity index (χ0n) is 14.8. The van der Waals surface area contributed by atoms with Crippen LogP contribution in [0.1, 0.15) is 39.2 Å². The van der Waals surface area contributed by atoms with E-state index in [1.165, 1.54) is 5.56 Å². The molecule has 0 atom stereocenters. The maximum atomic E-state index is 6.21. The van der Waals surface area contributed by atoms with E-state index in [1.807, 2.05) is 42.5 Å². The summed E-state index contributed by atoms with van der Waals surface area (Å²) in [7, 11) is 0. The van der Waals surface area contributed by atoms with Gasteiger partial charge >= 0.3 is 0 Å². The van der Waals surface area contributed by atoms with Gasteiger partial charge in [0.25, 0.3) is 0 Å².